The van der Waals surface area contributed by atoms with Gasteiger partial charge in [-0.25, -0.2) is 0 Å². The minimum Gasteiger partial charge on any atom is -0.477 e. The first-order chi connectivity index (χ1) is 8.34. The van der Waals surface area contributed by atoms with Gasteiger partial charge >= 0.3 is 0 Å². The number of hydrogen-bond donors (Lipinski definition) is 1. The van der Waals surface area contributed by atoms with Crippen LogP contribution in [0.4, 0.5) is 0 Å². The Morgan fingerprint density at radius 3 is 2.72 bits per heavy atom. The first-order valence-electron chi connectivity index (χ1n) is 6.17. The van der Waals surface area contributed by atoms with Gasteiger partial charge in [0.05, 0.1) is 6.61 Å². The third-order valence-electron chi connectivity index (χ3n) is 3.07. The molecule has 2 heterocycles. The highest BCUT2D eigenvalue weighted by Gasteiger charge is 2.12. The summed E-state index contributed by atoms with van der Waals surface area (Å²) in [6, 6.07) is 3.44. The highest BCUT2D eigenvalue weighted by Crippen LogP contribution is 2.18. The summed E-state index contributed by atoms with van der Waals surface area (Å²) in [6.07, 6.45) is 4.90. The van der Waals surface area contributed by atoms with Crippen LogP contribution >= 0.6 is 24.0 Å². The largest absolute Gasteiger partial charge is 0.477 e. The Labute approximate surface area is 119 Å². The lowest BCUT2D eigenvalue weighted by molar-refractivity contribution is 0.264. The highest BCUT2D eigenvalue weighted by molar-refractivity contribution is 6.29. The molecule has 0 radical (unpaired) electrons. The lowest BCUT2D eigenvalue weighted by Gasteiger charge is -2.22. The van der Waals surface area contributed by atoms with Crippen LogP contribution in [-0.4, -0.2) is 29.9 Å². The average Bonchev–Trinajstić information content (AvgIpc) is 2.38. The van der Waals surface area contributed by atoms with Crippen molar-refractivity contribution in [3.8, 4) is 5.88 Å². The van der Waals surface area contributed by atoms with Crippen LogP contribution in [0.5, 0.6) is 5.88 Å². The SMILES string of the molecule is Cl.Clc1ccc(OCCCC2CCNCC2)nn1. The Hall–Kier alpha value is -0.580. The Morgan fingerprint density at radius 1 is 1.28 bits per heavy atom. The third kappa shape index (κ3) is 5.38. The smallest absolute Gasteiger partial charge is 0.233 e. The average molecular weight is 292 g/mol. The summed E-state index contributed by atoms with van der Waals surface area (Å²) < 4.78 is 5.50. The van der Waals surface area contributed by atoms with Crippen molar-refractivity contribution in [3.05, 3.63) is 17.3 Å². The number of halogens is 2. The molecule has 0 bridgehead atoms. The summed E-state index contributed by atoms with van der Waals surface area (Å²) in [5.74, 6) is 1.41. The van der Waals surface area contributed by atoms with Crippen LogP contribution in [0.15, 0.2) is 12.1 Å². The van der Waals surface area contributed by atoms with Crippen LogP contribution in [0.3, 0.4) is 0 Å². The zero-order valence-corrected chi connectivity index (χ0v) is 11.8. The van der Waals surface area contributed by atoms with E-state index in [9.17, 15) is 0 Å². The van der Waals surface area contributed by atoms with Gasteiger partial charge in [0.25, 0.3) is 0 Å². The van der Waals surface area contributed by atoms with E-state index < -0.39 is 0 Å². The van der Waals surface area contributed by atoms with E-state index in [-0.39, 0.29) is 12.4 Å². The monoisotopic (exact) mass is 291 g/mol. The van der Waals surface area contributed by atoms with Gasteiger partial charge in [-0.15, -0.1) is 22.6 Å². The molecule has 1 aromatic heterocycles. The van der Waals surface area contributed by atoms with Crippen LogP contribution in [0.1, 0.15) is 25.7 Å². The van der Waals surface area contributed by atoms with E-state index in [4.69, 9.17) is 16.3 Å². The fraction of sp³-hybridized carbons (Fsp3) is 0.667. The third-order valence-corrected chi connectivity index (χ3v) is 3.27. The zero-order valence-electron chi connectivity index (χ0n) is 10.3. The van der Waals surface area contributed by atoms with E-state index in [0.29, 0.717) is 17.6 Å². The Bertz CT molecular complexity index is 329. The molecule has 0 aliphatic carbocycles. The number of ether oxygens (including phenoxy) is 1. The number of hydrogen-bond acceptors (Lipinski definition) is 4. The minimum absolute atomic E-state index is 0. The van der Waals surface area contributed by atoms with E-state index in [1.54, 1.807) is 12.1 Å². The van der Waals surface area contributed by atoms with Gasteiger partial charge in [0.1, 0.15) is 0 Å². The van der Waals surface area contributed by atoms with Gasteiger partial charge in [0, 0.05) is 6.07 Å². The molecule has 2 rings (SSSR count). The van der Waals surface area contributed by atoms with Crippen molar-refractivity contribution in [2.45, 2.75) is 25.7 Å². The summed E-state index contributed by atoms with van der Waals surface area (Å²) in [5.41, 5.74) is 0. The van der Waals surface area contributed by atoms with Gasteiger partial charge < -0.3 is 10.1 Å². The van der Waals surface area contributed by atoms with Crippen molar-refractivity contribution < 1.29 is 4.74 Å². The lowest BCUT2D eigenvalue weighted by atomic mass is 9.93. The summed E-state index contributed by atoms with van der Waals surface area (Å²) in [4.78, 5) is 0. The molecule has 0 atom stereocenters. The Kier molecular flexibility index (Phi) is 7.32. The van der Waals surface area contributed by atoms with Gasteiger partial charge in [-0.2, -0.15) is 0 Å². The van der Waals surface area contributed by atoms with Gasteiger partial charge in [-0.05, 0) is 50.8 Å². The number of nitrogens with one attached hydrogen (secondary N) is 1. The van der Waals surface area contributed by atoms with Crippen molar-refractivity contribution in [1.82, 2.24) is 15.5 Å². The molecule has 6 heteroatoms. The molecule has 1 fully saturated rings. The van der Waals surface area contributed by atoms with Crippen molar-refractivity contribution in [2.24, 2.45) is 5.92 Å². The van der Waals surface area contributed by atoms with E-state index in [2.05, 4.69) is 15.5 Å². The quantitative estimate of drug-likeness (QED) is 0.848. The summed E-state index contributed by atoms with van der Waals surface area (Å²) in [7, 11) is 0. The van der Waals surface area contributed by atoms with Gasteiger partial charge in [0.15, 0.2) is 5.15 Å². The molecule has 0 unspecified atom stereocenters. The second-order valence-electron chi connectivity index (χ2n) is 4.38. The molecule has 18 heavy (non-hydrogen) atoms. The molecule has 0 amide bonds. The van der Waals surface area contributed by atoms with Crippen molar-refractivity contribution in [1.29, 1.82) is 0 Å². The van der Waals surface area contributed by atoms with Crippen LogP contribution in [0.2, 0.25) is 5.15 Å². The molecule has 102 valence electrons. The number of aromatic nitrogens is 2. The molecule has 1 aliphatic heterocycles. The Balaban J connectivity index is 0.00000162. The molecule has 0 spiro atoms. The first-order valence-corrected chi connectivity index (χ1v) is 6.55. The molecule has 0 aromatic carbocycles. The second kappa shape index (κ2) is 8.51. The van der Waals surface area contributed by atoms with E-state index in [0.717, 1.165) is 25.4 Å². The predicted molar refractivity (Wildman–Crippen MR) is 74.6 cm³/mol. The fourth-order valence-electron chi connectivity index (χ4n) is 2.10. The van der Waals surface area contributed by atoms with Gasteiger partial charge in [-0.3, -0.25) is 0 Å². The predicted octanol–water partition coefficient (Wildman–Crippen LogP) is 2.71. The molecule has 1 aliphatic rings. The van der Waals surface area contributed by atoms with Crippen LogP contribution in [0, 0.1) is 5.92 Å². The van der Waals surface area contributed by atoms with E-state index in [1.807, 2.05) is 0 Å². The van der Waals surface area contributed by atoms with Gasteiger partial charge in [-0.1, -0.05) is 11.6 Å². The second-order valence-corrected chi connectivity index (χ2v) is 4.77. The molecule has 1 aromatic rings. The van der Waals surface area contributed by atoms with Crippen molar-refractivity contribution in [2.75, 3.05) is 19.7 Å². The topological polar surface area (TPSA) is 47.0 Å². The van der Waals surface area contributed by atoms with E-state index in [1.165, 1.54) is 19.3 Å². The standard InChI is InChI=1S/C12H18ClN3O.ClH/c13-11-3-4-12(16-15-11)17-9-1-2-10-5-7-14-8-6-10;/h3-4,10,14H,1-2,5-9H2;1H. The summed E-state index contributed by atoms with van der Waals surface area (Å²) in [5, 5.41) is 11.3. The summed E-state index contributed by atoms with van der Waals surface area (Å²) >= 11 is 5.64. The van der Waals surface area contributed by atoms with Crippen LogP contribution in [0.25, 0.3) is 0 Å². The molecule has 0 saturated carbocycles. The number of piperidine rings is 1. The normalized spacial score (nSPS) is 16.1. The molecule has 4 nitrogen and oxygen atoms in total. The minimum atomic E-state index is 0. The fourth-order valence-corrected chi connectivity index (χ4v) is 2.20. The number of nitrogens with zero attached hydrogens (tertiary/aromatic N) is 2. The van der Waals surface area contributed by atoms with Crippen molar-refractivity contribution >= 4 is 24.0 Å². The van der Waals surface area contributed by atoms with Crippen molar-refractivity contribution in [3.63, 3.8) is 0 Å². The lowest BCUT2D eigenvalue weighted by Crippen LogP contribution is -2.27. The van der Waals surface area contributed by atoms with Crippen LogP contribution < -0.4 is 10.1 Å². The molecule has 1 saturated heterocycles. The highest BCUT2D eigenvalue weighted by atomic mass is 35.5. The Morgan fingerprint density at radius 2 is 2.06 bits per heavy atom. The molecule has 1 N–H and O–H groups in total. The van der Waals surface area contributed by atoms with Crippen LogP contribution in [-0.2, 0) is 0 Å². The molecular weight excluding hydrogens is 273 g/mol. The maximum atomic E-state index is 5.64. The summed E-state index contributed by atoms with van der Waals surface area (Å²) in [6.45, 7) is 3.03. The van der Waals surface area contributed by atoms with E-state index >= 15 is 0 Å². The maximum absolute atomic E-state index is 5.64. The van der Waals surface area contributed by atoms with Gasteiger partial charge in [0.2, 0.25) is 5.88 Å². The maximum Gasteiger partial charge on any atom is 0.233 e. The molecular formula is C12H19Cl2N3O. The first kappa shape index (κ1) is 15.5. The number of rotatable bonds is 5. The zero-order chi connectivity index (χ0) is 11.9.